The number of hydrogen-bond acceptors (Lipinski definition) is 3. The summed E-state index contributed by atoms with van der Waals surface area (Å²) in [5.74, 6) is 0. The predicted octanol–water partition coefficient (Wildman–Crippen LogP) is 3.45. The largest absolute Gasteiger partial charge is 0.444 e. The number of nitrogens with one attached hydrogen (secondary N) is 2. The van der Waals surface area contributed by atoms with Crippen LogP contribution in [0.5, 0.6) is 0 Å². The molecule has 0 heterocycles. The van der Waals surface area contributed by atoms with Gasteiger partial charge in [-0.05, 0) is 64.2 Å². The molecule has 0 aromatic heterocycles. The van der Waals surface area contributed by atoms with Crippen LogP contribution in [0.3, 0.4) is 0 Å². The average molecular weight is 304 g/mol. The van der Waals surface area contributed by atoms with Gasteiger partial charge in [0.15, 0.2) is 0 Å². The van der Waals surface area contributed by atoms with Crippen molar-refractivity contribution in [2.75, 3.05) is 0 Å². The standard InChI is InChI=1S/C18H28N2O2/c1-12-6-7-14(8-13(12)2)11-19-15-9-16(10-15)20-17(21)22-18(3,4)5/h6-8,15-16,19H,9-11H2,1-5H3,(H,20,21). The van der Waals surface area contributed by atoms with Gasteiger partial charge in [-0.15, -0.1) is 0 Å². The van der Waals surface area contributed by atoms with Crippen LogP contribution < -0.4 is 10.6 Å². The predicted molar refractivity (Wildman–Crippen MR) is 88.9 cm³/mol. The number of amides is 1. The van der Waals surface area contributed by atoms with Crippen molar-refractivity contribution in [2.24, 2.45) is 0 Å². The van der Waals surface area contributed by atoms with Gasteiger partial charge < -0.3 is 15.4 Å². The molecule has 0 unspecified atom stereocenters. The lowest BCUT2D eigenvalue weighted by molar-refractivity contribution is 0.0465. The summed E-state index contributed by atoms with van der Waals surface area (Å²) in [4.78, 5) is 11.7. The van der Waals surface area contributed by atoms with Gasteiger partial charge in [-0.25, -0.2) is 4.79 Å². The van der Waals surface area contributed by atoms with Gasteiger partial charge in [0.1, 0.15) is 5.60 Å². The van der Waals surface area contributed by atoms with Crippen molar-refractivity contribution >= 4 is 6.09 Å². The van der Waals surface area contributed by atoms with Crippen LogP contribution in [0.4, 0.5) is 4.79 Å². The van der Waals surface area contributed by atoms with Gasteiger partial charge in [0.2, 0.25) is 0 Å². The van der Waals surface area contributed by atoms with Crippen LogP contribution in [0.25, 0.3) is 0 Å². The lowest BCUT2D eigenvalue weighted by atomic mass is 9.86. The Morgan fingerprint density at radius 2 is 1.86 bits per heavy atom. The molecule has 0 spiro atoms. The summed E-state index contributed by atoms with van der Waals surface area (Å²) in [5, 5.41) is 6.46. The van der Waals surface area contributed by atoms with E-state index in [0.717, 1.165) is 19.4 Å². The van der Waals surface area contributed by atoms with Crippen LogP contribution in [-0.4, -0.2) is 23.8 Å². The Bertz CT molecular complexity index is 528. The summed E-state index contributed by atoms with van der Waals surface area (Å²) >= 11 is 0. The van der Waals surface area contributed by atoms with Gasteiger partial charge in [0.05, 0.1) is 0 Å². The molecule has 0 atom stereocenters. The first-order chi connectivity index (χ1) is 10.2. The van der Waals surface area contributed by atoms with Gasteiger partial charge in [-0.1, -0.05) is 18.2 Å². The van der Waals surface area contributed by atoms with Gasteiger partial charge >= 0.3 is 6.09 Å². The molecule has 1 aromatic carbocycles. The molecule has 1 aliphatic carbocycles. The minimum absolute atomic E-state index is 0.229. The van der Waals surface area contributed by atoms with E-state index in [0.29, 0.717) is 6.04 Å². The molecular weight excluding hydrogens is 276 g/mol. The summed E-state index contributed by atoms with van der Waals surface area (Å²) in [7, 11) is 0. The zero-order chi connectivity index (χ0) is 16.3. The monoisotopic (exact) mass is 304 g/mol. The second kappa shape index (κ2) is 6.69. The van der Waals surface area contributed by atoms with Crippen LogP contribution in [0.1, 0.15) is 50.3 Å². The maximum absolute atomic E-state index is 11.7. The van der Waals surface area contributed by atoms with E-state index in [1.54, 1.807) is 0 Å². The molecule has 1 aliphatic rings. The highest BCUT2D eigenvalue weighted by atomic mass is 16.6. The molecule has 1 saturated carbocycles. The Balaban J connectivity index is 1.67. The molecule has 0 bridgehead atoms. The highest BCUT2D eigenvalue weighted by molar-refractivity contribution is 5.68. The van der Waals surface area contributed by atoms with Crippen molar-refractivity contribution in [3.8, 4) is 0 Å². The maximum atomic E-state index is 11.7. The first-order valence-electron chi connectivity index (χ1n) is 8.02. The minimum atomic E-state index is -0.436. The Morgan fingerprint density at radius 3 is 2.45 bits per heavy atom. The van der Waals surface area contributed by atoms with Crippen LogP contribution in [0.15, 0.2) is 18.2 Å². The number of carbonyl (C=O) groups excluding carboxylic acids is 1. The third-order valence-corrected chi connectivity index (χ3v) is 4.03. The quantitative estimate of drug-likeness (QED) is 0.896. The van der Waals surface area contributed by atoms with E-state index in [2.05, 4.69) is 42.7 Å². The normalized spacial score (nSPS) is 21.1. The Labute approximate surface area is 133 Å². The number of benzene rings is 1. The molecule has 0 radical (unpaired) electrons. The molecule has 4 nitrogen and oxygen atoms in total. The summed E-state index contributed by atoms with van der Waals surface area (Å²) in [6.07, 6.45) is 1.61. The Hall–Kier alpha value is -1.55. The number of rotatable bonds is 4. The van der Waals surface area contributed by atoms with Crippen molar-refractivity contribution in [3.05, 3.63) is 34.9 Å². The number of hydrogen-bond donors (Lipinski definition) is 2. The lowest BCUT2D eigenvalue weighted by Crippen LogP contribution is -2.52. The topological polar surface area (TPSA) is 50.4 Å². The molecule has 1 fully saturated rings. The van der Waals surface area contributed by atoms with Crippen molar-refractivity contribution in [1.29, 1.82) is 0 Å². The van der Waals surface area contributed by atoms with Crippen LogP contribution in [-0.2, 0) is 11.3 Å². The minimum Gasteiger partial charge on any atom is -0.444 e. The van der Waals surface area contributed by atoms with Gasteiger partial charge in [0.25, 0.3) is 0 Å². The smallest absolute Gasteiger partial charge is 0.407 e. The Kier molecular flexibility index (Phi) is 5.12. The van der Waals surface area contributed by atoms with E-state index in [-0.39, 0.29) is 12.1 Å². The van der Waals surface area contributed by atoms with Crippen molar-refractivity contribution < 1.29 is 9.53 Å². The molecular formula is C18H28N2O2. The van der Waals surface area contributed by atoms with Gasteiger partial charge in [-0.3, -0.25) is 0 Å². The third-order valence-electron chi connectivity index (χ3n) is 4.03. The van der Waals surface area contributed by atoms with E-state index in [4.69, 9.17) is 4.74 Å². The molecule has 2 rings (SSSR count). The fourth-order valence-corrected chi connectivity index (χ4v) is 2.55. The molecule has 4 heteroatoms. The molecule has 122 valence electrons. The first kappa shape index (κ1) is 16.8. The number of alkyl carbamates (subject to hydrolysis) is 1. The fourth-order valence-electron chi connectivity index (χ4n) is 2.55. The molecule has 0 aliphatic heterocycles. The van der Waals surface area contributed by atoms with E-state index in [9.17, 15) is 4.79 Å². The van der Waals surface area contributed by atoms with Crippen LogP contribution in [0, 0.1) is 13.8 Å². The van der Waals surface area contributed by atoms with Gasteiger partial charge in [-0.2, -0.15) is 0 Å². The van der Waals surface area contributed by atoms with Crippen molar-refractivity contribution in [3.63, 3.8) is 0 Å². The zero-order valence-electron chi connectivity index (χ0n) is 14.3. The van der Waals surface area contributed by atoms with E-state index in [1.165, 1.54) is 16.7 Å². The molecule has 1 aromatic rings. The Morgan fingerprint density at radius 1 is 1.18 bits per heavy atom. The molecule has 2 N–H and O–H groups in total. The number of ether oxygens (including phenoxy) is 1. The lowest BCUT2D eigenvalue weighted by Gasteiger charge is -2.36. The van der Waals surface area contributed by atoms with Crippen molar-refractivity contribution in [2.45, 2.75) is 71.7 Å². The fraction of sp³-hybridized carbons (Fsp3) is 0.611. The SMILES string of the molecule is Cc1ccc(CNC2CC(NC(=O)OC(C)(C)C)C2)cc1C. The number of aryl methyl sites for hydroxylation is 2. The first-order valence-corrected chi connectivity index (χ1v) is 8.02. The second-order valence-electron chi connectivity index (χ2n) is 7.31. The summed E-state index contributed by atoms with van der Waals surface area (Å²) in [6.45, 7) is 10.8. The van der Waals surface area contributed by atoms with E-state index >= 15 is 0 Å². The highest BCUT2D eigenvalue weighted by Crippen LogP contribution is 2.21. The van der Waals surface area contributed by atoms with E-state index in [1.807, 2.05) is 20.8 Å². The van der Waals surface area contributed by atoms with Crippen molar-refractivity contribution in [1.82, 2.24) is 10.6 Å². The summed E-state index contributed by atoms with van der Waals surface area (Å²) in [6, 6.07) is 7.27. The van der Waals surface area contributed by atoms with Crippen LogP contribution in [0.2, 0.25) is 0 Å². The van der Waals surface area contributed by atoms with E-state index < -0.39 is 5.60 Å². The average Bonchev–Trinajstić information content (AvgIpc) is 2.33. The molecule has 1 amide bonds. The maximum Gasteiger partial charge on any atom is 0.407 e. The number of carbonyl (C=O) groups is 1. The van der Waals surface area contributed by atoms with Gasteiger partial charge in [0, 0.05) is 18.6 Å². The van der Waals surface area contributed by atoms with Crippen LogP contribution >= 0.6 is 0 Å². The summed E-state index contributed by atoms with van der Waals surface area (Å²) in [5.41, 5.74) is 3.53. The second-order valence-corrected chi connectivity index (χ2v) is 7.31. The molecule has 22 heavy (non-hydrogen) atoms. The summed E-state index contributed by atoms with van der Waals surface area (Å²) < 4.78 is 5.26. The molecule has 0 saturated heterocycles. The zero-order valence-corrected chi connectivity index (χ0v) is 14.3. The third kappa shape index (κ3) is 5.02. The highest BCUT2D eigenvalue weighted by Gasteiger charge is 2.31.